The molecule has 0 aliphatic heterocycles. The van der Waals surface area contributed by atoms with Crippen molar-refractivity contribution in [2.75, 3.05) is 20.1 Å². The Morgan fingerprint density at radius 2 is 1.61 bits per heavy atom. The molecule has 3 aliphatic carbocycles. The Bertz CT molecular complexity index is 1210. The van der Waals surface area contributed by atoms with Gasteiger partial charge in [-0.25, -0.2) is 0 Å². The van der Waals surface area contributed by atoms with Gasteiger partial charge in [-0.2, -0.15) is 0 Å². The lowest BCUT2D eigenvalue weighted by Crippen LogP contribution is -2.24. The van der Waals surface area contributed by atoms with Gasteiger partial charge in [0.05, 0.1) is 0 Å². The molecule has 0 N–H and O–H groups in total. The second-order valence-corrected chi connectivity index (χ2v) is 8.55. The van der Waals surface area contributed by atoms with Crippen LogP contribution in [0.3, 0.4) is 0 Å². The van der Waals surface area contributed by atoms with Crippen molar-refractivity contribution < 1.29 is 9.59 Å². The molecule has 2 aromatic rings. The molecule has 0 bridgehead atoms. The summed E-state index contributed by atoms with van der Waals surface area (Å²) in [5.41, 5.74) is 9.30. The van der Waals surface area contributed by atoms with E-state index in [-0.39, 0.29) is 17.5 Å². The van der Waals surface area contributed by atoms with Crippen molar-refractivity contribution in [3.8, 4) is 0 Å². The van der Waals surface area contributed by atoms with E-state index in [2.05, 4.69) is 23.8 Å². The quantitative estimate of drug-likeness (QED) is 0.458. The van der Waals surface area contributed by atoms with Gasteiger partial charge in [0.15, 0.2) is 11.6 Å². The molecule has 0 radical (unpaired) electrons. The standard InChI is InChI=1S/C28H25NO2/c1-29(18-19-10-2-3-11-19)17-9-8-16-24-25-20-12-4-7-15-23(20)28(31)26(25)21-13-5-6-14-22(21)27(24)30/h2-7,10,12-15,24H,8-9,16-18H2,1H3. The van der Waals surface area contributed by atoms with Crippen molar-refractivity contribution in [3.63, 3.8) is 0 Å². The molecule has 1 atom stereocenters. The summed E-state index contributed by atoms with van der Waals surface area (Å²) in [5, 5.41) is 0. The van der Waals surface area contributed by atoms with Gasteiger partial charge in [0.1, 0.15) is 0 Å². The molecular formula is C28H25NO2. The van der Waals surface area contributed by atoms with Crippen LogP contribution in [0.4, 0.5) is 0 Å². The van der Waals surface area contributed by atoms with E-state index in [0.29, 0.717) is 5.56 Å². The minimum Gasteiger partial charge on any atom is -0.301 e. The molecule has 0 spiro atoms. The van der Waals surface area contributed by atoms with Gasteiger partial charge in [0.25, 0.3) is 0 Å². The maximum Gasteiger partial charge on any atom is 0.194 e. The third-order valence-corrected chi connectivity index (χ3v) is 6.47. The Kier molecular flexibility index (Phi) is 5.15. The van der Waals surface area contributed by atoms with Crippen molar-refractivity contribution >= 4 is 22.7 Å². The first-order valence-electron chi connectivity index (χ1n) is 11.0. The predicted molar refractivity (Wildman–Crippen MR) is 124 cm³/mol. The Labute approximate surface area is 183 Å². The van der Waals surface area contributed by atoms with E-state index in [4.69, 9.17) is 0 Å². The van der Waals surface area contributed by atoms with Gasteiger partial charge in [-0.05, 0) is 55.3 Å². The number of carbonyl (C=O) groups excluding carboxylic acids is 2. The van der Waals surface area contributed by atoms with Crippen LogP contribution in [0.5, 0.6) is 0 Å². The lowest BCUT2D eigenvalue weighted by molar-refractivity contribution is 0.0941. The molecular weight excluding hydrogens is 382 g/mol. The van der Waals surface area contributed by atoms with E-state index >= 15 is 0 Å². The molecule has 3 aliphatic rings. The first-order valence-corrected chi connectivity index (χ1v) is 11.0. The molecule has 0 aromatic heterocycles. The highest BCUT2D eigenvalue weighted by molar-refractivity contribution is 6.43. The van der Waals surface area contributed by atoms with Crippen LogP contribution in [0.25, 0.3) is 11.1 Å². The van der Waals surface area contributed by atoms with Crippen LogP contribution in [0.2, 0.25) is 0 Å². The molecule has 5 rings (SSSR count). The van der Waals surface area contributed by atoms with Gasteiger partial charge in [-0.15, -0.1) is 5.73 Å². The summed E-state index contributed by atoms with van der Waals surface area (Å²) in [5.74, 6) is -0.0361. The number of Topliss-reactive ketones (excluding diaryl/α,β-unsaturated/α-hetero) is 2. The smallest absolute Gasteiger partial charge is 0.194 e. The fraction of sp³-hybridized carbons (Fsp3) is 0.250. The summed E-state index contributed by atoms with van der Waals surface area (Å²) < 4.78 is 0. The number of nitrogens with zero attached hydrogens (tertiary/aromatic N) is 1. The Morgan fingerprint density at radius 1 is 0.903 bits per heavy atom. The van der Waals surface area contributed by atoms with E-state index in [1.807, 2.05) is 60.7 Å². The van der Waals surface area contributed by atoms with E-state index in [9.17, 15) is 9.59 Å². The molecule has 3 heteroatoms. The number of hydrogen-bond donors (Lipinski definition) is 0. The maximum absolute atomic E-state index is 13.5. The zero-order chi connectivity index (χ0) is 21.4. The van der Waals surface area contributed by atoms with E-state index in [1.165, 1.54) is 5.57 Å². The fourth-order valence-electron chi connectivity index (χ4n) is 5.01. The fourth-order valence-corrected chi connectivity index (χ4v) is 5.01. The van der Waals surface area contributed by atoms with Crippen molar-refractivity contribution in [2.45, 2.75) is 19.3 Å². The number of likely N-dealkylation sites (N-methyl/N-ethyl adjacent to an activating group) is 1. The summed E-state index contributed by atoms with van der Waals surface area (Å²) in [4.78, 5) is 29.0. The molecule has 0 saturated heterocycles. The van der Waals surface area contributed by atoms with Crippen LogP contribution in [-0.4, -0.2) is 36.6 Å². The molecule has 0 saturated carbocycles. The number of allylic oxidation sites excluding steroid dienone is 3. The van der Waals surface area contributed by atoms with Gasteiger partial charge >= 0.3 is 0 Å². The predicted octanol–water partition coefficient (Wildman–Crippen LogP) is 5.36. The van der Waals surface area contributed by atoms with E-state index in [0.717, 1.165) is 60.2 Å². The Hall–Kier alpha value is -3.26. The lowest BCUT2D eigenvalue weighted by atomic mass is 9.75. The van der Waals surface area contributed by atoms with Crippen LogP contribution in [0.15, 0.2) is 78.1 Å². The van der Waals surface area contributed by atoms with Crippen LogP contribution < -0.4 is 0 Å². The Balaban J connectivity index is 1.36. The van der Waals surface area contributed by atoms with Crippen molar-refractivity contribution in [1.82, 2.24) is 4.90 Å². The molecule has 2 aromatic carbocycles. The highest BCUT2D eigenvalue weighted by Gasteiger charge is 2.42. The second kappa shape index (κ2) is 8.11. The van der Waals surface area contributed by atoms with Crippen molar-refractivity contribution in [1.29, 1.82) is 0 Å². The van der Waals surface area contributed by atoms with Gasteiger partial charge in [0, 0.05) is 34.7 Å². The number of carbonyl (C=O) groups is 2. The van der Waals surface area contributed by atoms with Gasteiger partial charge in [-0.1, -0.05) is 61.0 Å². The topological polar surface area (TPSA) is 37.4 Å². The SMILES string of the molecule is CN(CCCCC1C(=O)c2ccccc2C2=C1c1ccccc1C2=O)CC1=C=CC=C1. The largest absolute Gasteiger partial charge is 0.301 e. The number of unbranched alkanes of at least 4 members (excludes halogenated alkanes) is 1. The summed E-state index contributed by atoms with van der Waals surface area (Å²) in [6.07, 6.45) is 8.78. The van der Waals surface area contributed by atoms with Crippen molar-refractivity contribution in [2.24, 2.45) is 5.92 Å². The zero-order valence-electron chi connectivity index (χ0n) is 17.7. The number of rotatable bonds is 7. The normalized spacial score (nSPS) is 18.5. The van der Waals surface area contributed by atoms with E-state index in [1.54, 1.807) is 0 Å². The van der Waals surface area contributed by atoms with Crippen molar-refractivity contribution in [3.05, 3.63) is 100 Å². The van der Waals surface area contributed by atoms with Crippen LogP contribution >= 0.6 is 0 Å². The maximum atomic E-state index is 13.5. The lowest BCUT2D eigenvalue weighted by Gasteiger charge is -2.26. The van der Waals surface area contributed by atoms with Crippen LogP contribution in [0.1, 0.15) is 51.1 Å². The van der Waals surface area contributed by atoms with Crippen LogP contribution in [-0.2, 0) is 0 Å². The molecule has 154 valence electrons. The van der Waals surface area contributed by atoms with Gasteiger partial charge in [-0.3, -0.25) is 9.59 Å². The zero-order valence-corrected chi connectivity index (χ0v) is 17.7. The average Bonchev–Trinajstić information content (AvgIpc) is 3.40. The molecule has 1 unspecified atom stereocenters. The minimum absolute atomic E-state index is 0.0567. The molecule has 3 nitrogen and oxygen atoms in total. The summed E-state index contributed by atoms with van der Waals surface area (Å²) in [6, 6.07) is 15.3. The van der Waals surface area contributed by atoms with Gasteiger partial charge in [0.2, 0.25) is 0 Å². The first-order chi connectivity index (χ1) is 15.1. The third kappa shape index (κ3) is 3.46. The van der Waals surface area contributed by atoms with Crippen LogP contribution in [0, 0.1) is 5.92 Å². The summed E-state index contributed by atoms with van der Waals surface area (Å²) in [7, 11) is 2.12. The molecule has 0 amide bonds. The third-order valence-electron chi connectivity index (χ3n) is 6.47. The number of hydrogen-bond acceptors (Lipinski definition) is 3. The number of ketones is 2. The number of benzene rings is 2. The van der Waals surface area contributed by atoms with Gasteiger partial charge < -0.3 is 4.90 Å². The monoisotopic (exact) mass is 407 g/mol. The summed E-state index contributed by atoms with van der Waals surface area (Å²) in [6.45, 7) is 1.86. The highest BCUT2D eigenvalue weighted by Crippen LogP contribution is 2.48. The minimum atomic E-state index is -0.244. The average molecular weight is 408 g/mol. The highest BCUT2D eigenvalue weighted by atomic mass is 16.1. The molecule has 0 fully saturated rings. The van der Waals surface area contributed by atoms with E-state index < -0.39 is 0 Å². The Morgan fingerprint density at radius 3 is 2.35 bits per heavy atom. The summed E-state index contributed by atoms with van der Waals surface area (Å²) >= 11 is 0. The molecule has 0 heterocycles. The first kappa shape index (κ1) is 19.7. The molecule has 31 heavy (non-hydrogen) atoms. The number of fused-ring (bicyclic) bond motifs is 4. The second-order valence-electron chi connectivity index (χ2n) is 8.55.